The van der Waals surface area contributed by atoms with Crippen LogP contribution in [0.2, 0.25) is 0 Å². The summed E-state index contributed by atoms with van der Waals surface area (Å²) in [5, 5.41) is 0. The normalized spacial score (nSPS) is 11.0. The molecule has 0 fully saturated rings. The fraction of sp³-hybridized carbons (Fsp3) is 0.190. The van der Waals surface area contributed by atoms with Gasteiger partial charge >= 0.3 is 5.97 Å². The lowest BCUT2D eigenvalue weighted by Gasteiger charge is -2.11. The molecule has 0 atom stereocenters. The number of rotatable bonds is 5. The molecule has 28 heavy (non-hydrogen) atoms. The summed E-state index contributed by atoms with van der Waals surface area (Å²) in [5.74, 6) is 0.951. The van der Waals surface area contributed by atoms with E-state index in [1.54, 1.807) is 27.5 Å². The van der Waals surface area contributed by atoms with E-state index in [0.29, 0.717) is 17.0 Å². The average molecular weight is 377 g/mol. The van der Waals surface area contributed by atoms with Gasteiger partial charge in [-0.05, 0) is 43.3 Å². The predicted octanol–water partition coefficient (Wildman–Crippen LogP) is 3.74. The van der Waals surface area contributed by atoms with E-state index in [9.17, 15) is 4.79 Å². The summed E-state index contributed by atoms with van der Waals surface area (Å²) in [6.07, 6.45) is 1.61. The Morgan fingerprint density at radius 3 is 2.43 bits per heavy atom. The van der Waals surface area contributed by atoms with Crippen molar-refractivity contribution < 1.29 is 19.0 Å². The molecular formula is C21H19N3O4. The molecule has 0 spiro atoms. The molecule has 0 aliphatic rings. The molecule has 0 amide bonds. The summed E-state index contributed by atoms with van der Waals surface area (Å²) in [5.41, 5.74) is 3.84. The second kappa shape index (κ2) is 7.19. The molecule has 7 nitrogen and oxygen atoms in total. The fourth-order valence-electron chi connectivity index (χ4n) is 3.15. The Hall–Kier alpha value is -3.61. The third kappa shape index (κ3) is 2.90. The highest BCUT2D eigenvalue weighted by Crippen LogP contribution is 2.31. The molecule has 0 saturated carbocycles. The van der Waals surface area contributed by atoms with Gasteiger partial charge in [-0.2, -0.15) is 0 Å². The molecule has 142 valence electrons. The number of hydrogen-bond donors (Lipinski definition) is 0. The number of methoxy groups -OCH3 is 2. The van der Waals surface area contributed by atoms with E-state index in [4.69, 9.17) is 19.2 Å². The summed E-state index contributed by atoms with van der Waals surface area (Å²) < 4.78 is 17.6. The summed E-state index contributed by atoms with van der Waals surface area (Å²) in [6, 6.07) is 13.1. The molecule has 0 unspecified atom stereocenters. The molecule has 0 bridgehead atoms. The minimum absolute atomic E-state index is 0.227. The third-order valence-corrected chi connectivity index (χ3v) is 4.50. The van der Waals surface area contributed by atoms with Gasteiger partial charge in [0, 0.05) is 11.6 Å². The standard InChI is InChI=1S/C21H19N3O4/c1-4-28-21(25)19-20-18(13-5-7-14(26-2)8-6-13)23-16-10-9-15(27-3)11-17(16)24(20)12-22-19/h5-12H,4H2,1-3H3. The topological polar surface area (TPSA) is 75.0 Å². The highest BCUT2D eigenvalue weighted by molar-refractivity contribution is 6.01. The van der Waals surface area contributed by atoms with Crippen LogP contribution < -0.4 is 9.47 Å². The Morgan fingerprint density at radius 2 is 1.75 bits per heavy atom. The van der Waals surface area contributed by atoms with Crippen molar-refractivity contribution >= 4 is 22.5 Å². The first kappa shape index (κ1) is 17.8. The molecule has 2 heterocycles. The van der Waals surface area contributed by atoms with Crippen LogP contribution in [-0.4, -0.2) is 41.2 Å². The van der Waals surface area contributed by atoms with Crippen molar-refractivity contribution in [3.63, 3.8) is 0 Å². The van der Waals surface area contributed by atoms with Gasteiger partial charge in [0.15, 0.2) is 5.69 Å². The second-order valence-electron chi connectivity index (χ2n) is 6.08. The van der Waals surface area contributed by atoms with Crippen LogP contribution in [0.4, 0.5) is 0 Å². The minimum atomic E-state index is -0.483. The first-order valence-electron chi connectivity index (χ1n) is 8.82. The Balaban J connectivity index is 2.04. The highest BCUT2D eigenvalue weighted by atomic mass is 16.5. The predicted molar refractivity (Wildman–Crippen MR) is 105 cm³/mol. The van der Waals surface area contributed by atoms with Crippen LogP contribution in [0, 0.1) is 0 Å². The van der Waals surface area contributed by atoms with E-state index >= 15 is 0 Å². The number of ether oxygens (including phenoxy) is 3. The number of benzene rings is 2. The van der Waals surface area contributed by atoms with E-state index < -0.39 is 5.97 Å². The first-order chi connectivity index (χ1) is 13.7. The van der Waals surface area contributed by atoms with E-state index in [2.05, 4.69) is 4.98 Å². The van der Waals surface area contributed by atoms with E-state index in [1.165, 1.54) is 0 Å². The van der Waals surface area contributed by atoms with Gasteiger partial charge in [-0.3, -0.25) is 4.40 Å². The lowest BCUT2D eigenvalue weighted by Crippen LogP contribution is -2.07. The number of nitrogens with zero attached hydrogens (tertiary/aromatic N) is 3. The Morgan fingerprint density at radius 1 is 1.04 bits per heavy atom. The second-order valence-corrected chi connectivity index (χ2v) is 6.08. The quantitative estimate of drug-likeness (QED) is 0.493. The maximum atomic E-state index is 12.5. The monoisotopic (exact) mass is 377 g/mol. The van der Waals surface area contributed by atoms with Gasteiger partial charge < -0.3 is 14.2 Å². The van der Waals surface area contributed by atoms with Crippen molar-refractivity contribution in [2.45, 2.75) is 6.92 Å². The molecule has 2 aromatic heterocycles. The number of imidazole rings is 1. The molecule has 0 saturated heterocycles. The minimum Gasteiger partial charge on any atom is -0.497 e. The molecule has 0 radical (unpaired) electrons. The molecular weight excluding hydrogens is 358 g/mol. The van der Waals surface area contributed by atoms with Crippen molar-refractivity contribution in [1.82, 2.24) is 14.4 Å². The van der Waals surface area contributed by atoms with Crippen LogP contribution in [0.25, 0.3) is 27.8 Å². The summed E-state index contributed by atoms with van der Waals surface area (Å²) in [7, 11) is 3.22. The zero-order valence-electron chi connectivity index (χ0n) is 15.8. The van der Waals surface area contributed by atoms with Crippen LogP contribution in [0.15, 0.2) is 48.8 Å². The van der Waals surface area contributed by atoms with Crippen LogP contribution >= 0.6 is 0 Å². The number of fused-ring (bicyclic) bond motifs is 3. The largest absolute Gasteiger partial charge is 0.497 e. The van der Waals surface area contributed by atoms with E-state index in [0.717, 1.165) is 22.3 Å². The third-order valence-electron chi connectivity index (χ3n) is 4.50. The average Bonchev–Trinajstić information content (AvgIpc) is 3.19. The van der Waals surface area contributed by atoms with E-state index in [1.807, 2.05) is 46.9 Å². The SMILES string of the molecule is CCOC(=O)c1ncn2c1c(-c1ccc(OC)cc1)nc1ccc(OC)cc12. The first-order valence-corrected chi connectivity index (χ1v) is 8.82. The van der Waals surface area contributed by atoms with Gasteiger partial charge in [-0.15, -0.1) is 0 Å². The van der Waals surface area contributed by atoms with Crippen LogP contribution in [0.1, 0.15) is 17.4 Å². The molecule has 0 aliphatic carbocycles. The van der Waals surface area contributed by atoms with Crippen molar-refractivity contribution in [3.8, 4) is 22.8 Å². The van der Waals surface area contributed by atoms with Crippen molar-refractivity contribution in [1.29, 1.82) is 0 Å². The maximum Gasteiger partial charge on any atom is 0.359 e. The number of carbonyl (C=O) groups excluding carboxylic acids is 1. The molecule has 0 aliphatic heterocycles. The van der Waals surface area contributed by atoms with Gasteiger partial charge in [-0.1, -0.05) is 0 Å². The molecule has 4 aromatic rings. The number of aromatic nitrogens is 3. The van der Waals surface area contributed by atoms with Crippen molar-refractivity contribution in [2.75, 3.05) is 20.8 Å². The Bertz CT molecular complexity index is 1170. The molecule has 7 heteroatoms. The van der Waals surface area contributed by atoms with Crippen LogP contribution in [-0.2, 0) is 4.74 Å². The fourth-order valence-corrected chi connectivity index (χ4v) is 3.15. The maximum absolute atomic E-state index is 12.5. The summed E-state index contributed by atoms with van der Waals surface area (Å²) in [6.45, 7) is 2.03. The summed E-state index contributed by atoms with van der Waals surface area (Å²) >= 11 is 0. The zero-order chi connectivity index (χ0) is 19.7. The Labute approximate surface area is 161 Å². The van der Waals surface area contributed by atoms with Gasteiger partial charge in [0.25, 0.3) is 0 Å². The van der Waals surface area contributed by atoms with Gasteiger partial charge in [-0.25, -0.2) is 14.8 Å². The lowest BCUT2D eigenvalue weighted by molar-refractivity contribution is 0.0522. The van der Waals surface area contributed by atoms with Crippen molar-refractivity contribution in [3.05, 3.63) is 54.5 Å². The smallest absolute Gasteiger partial charge is 0.359 e. The van der Waals surface area contributed by atoms with Crippen molar-refractivity contribution in [2.24, 2.45) is 0 Å². The van der Waals surface area contributed by atoms with E-state index in [-0.39, 0.29) is 12.3 Å². The molecule has 0 N–H and O–H groups in total. The lowest BCUT2D eigenvalue weighted by atomic mass is 10.1. The van der Waals surface area contributed by atoms with Gasteiger partial charge in [0.1, 0.15) is 23.3 Å². The highest BCUT2D eigenvalue weighted by Gasteiger charge is 2.21. The Kier molecular flexibility index (Phi) is 4.57. The molecule has 4 rings (SSSR count). The number of esters is 1. The molecule has 2 aromatic carbocycles. The van der Waals surface area contributed by atoms with Crippen LogP contribution in [0.3, 0.4) is 0 Å². The van der Waals surface area contributed by atoms with Gasteiger partial charge in [0.2, 0.25) is 0 Å². The van der Waals surface area contributed by atoms with Crippen LogP contribution in [0.5, 0.6) is 11.5 Å². The zero-order valence-corrected chi connectivity index (χ0v) is 15.8. The summed E-state index contributed by atoms with van der Waals surface area (Å²) in [4.78, 5) is 21.6. The number of carbonyl (C=O) groups is 1. The van der Waals surface area contributed by atoms with Gasteiger partial charge in [0.05, 0.1) is 37.6 Å². The number of hydrogen-bond acceptors (Lipinski definition) is 6.